The molecule has 0 spiro atoms. The van der Waals surface area contributed by atoms with Gasteiger partial charge in [-0.1, -0.05) is 12.0 Å². The van der Waals surface area contributed by atoms with Crippen molar-refractivity contribution in [2.45, 2.75) is 32.1 Å². The lowest BCUT2D eigenvalue weighted by Crippen LogP contribution is -2.03. The highest BCUT2D eigenvalue weighted by Gasteiger charge is 2.56. The van der Waals surface area contributed by atoms with Crippen molar-refractivity contribution in [1.29, 1.82) is 0 Å². The van der Waals surface area contributed by atoms with E-state index in [2.05, 4.69) is 0 Å². The third-order valence-corrected chi connectivity index (χ3v) is 3.55. The summed E-state index contributed by atoms with van der Waals surface area (Å²) in [6.45, 7) is 0.669. The van der Waals surface area contributed by atoms with E-state index >= 15 is 0 Å². The minimum absolute atomic E-state index is 0.0399. The summed E-state index contributed by atoms with van der Waals surface area (Å²) in [5.41, 5.74) is 3.06. The topological polar surface area (TPSA) is 26.3 Å². The van der Waals surface area contributed by atoms with E-state index in [1.807, 2.05) is 0 Å². The zero-order valence-corrected chi connectivity index (χ0v) is 7.71. The average Bonchev–Trinajstić information content (AvgIpc) is 2.80. The zero-order valence-electron chi connectivity index (χ0n) is 7.71. The summed E-state index contributed by atoms with van der Waals surface area (Å²) >= 11 is 0. The molecule has 2 nitrogen and oxygen atoms in total. The Labute approximate surface area is 78.0 Å². The largest absolute Gasteiger partial charge is 0.465 e. The summed E-state index contributed by atoms with van der Waals surface area (Å²) in [5, 5.41) is 0. The third-order valence-electron chi connectivity index (χ3n) is 3.55. The van der Waals surface area contributed by atoms with Crippen LogP contribution >= 0.6 is 0 Å². The molecule has 0 radical (unpaired) electrons. The maximum absolute atomic E-state index is 11.2. The molecule has 13 heavy (non-hydrogen) atoms. The number of rotatable bonds is 0. The predicted octanol–water partition coefficient (Wildman–Crippen LogP) is 2.05. The Morgan fingerprint density at radius 3 is 2.54 bits per heavy atom. The van der Waals surface area contributed by atoms with E-state index in [1.165, 1.54) is 37.7 Å². The van der Waals surface area contributed by atoms with Gasteiger partial charge in [0, 0.05) is 5.92 Å². The van der Waals surface area contributed by atoms with Gasteiger partial charge in [0.2, 0.25) is 0 Å². The Morgan fingerprint density at radius 1 is 1.15 bits per heavy atom. The van der Waals surface area contributed by atoms with Crippen molar-refractivity contribution >= 4 is 5.97 Å². The molecule has 1 saturated heterocycles. The van der Waals surface area contributed by atoms with Crippen molar-refractivity contribution in [3.8, 4) is 0 Å². The minimum atomic E-state index is 0.0399. The van der Waals surface area contributed by atoms with Crippen molar-refractivity contribution in [3.05, 3.63) is 11.1 Å². The van der Waals surface area contributed by atoms with E-state index in [1.54, 1.807) is 5.57 Å². The highest BCUT2D eigenvalue weighted by molar-refractivity contribution is 5.85. The van der Waals surface area contributed by atoms with E-state index in [0.717, 1.165) is 0 Å². The Balaban J connectivity index is 1.83. The number of cyclic esters (lactones) is 1. The van der Waals surface area contributed by atoms with Gasteiger partial charge in [0.1, 0.15) is 0 Å². The Hall–Kier alpha value is -0.790. The van der Waals surface area contributed by atoms with Crippen LogP contribution in [0.1, 0.15) is 32.1 Å². The molecule has 3 fully saturated rings. The maximum atomic E-state index is 11.2. The second-order valence-corrected chi connectivity index (χ2v) is 4.33. The van der Waals surface area contributed by atoms with Crippen LogP contribution in [0.2, 0.25) is 0 Å². The maximum Gasteiger partial charge on any atom is 0.313 e. The summed E-state index contributed by atoms with van der Waals surface area (Å²) in [6, 6.07) is 0. The monoisotopic (exact) mass is 178 g/mol. The molecule has 0 aromatic rings. The summed E-state index contributed by atoms with van der Waals surface area (Å²) in [4.78, 5) is 11.2. The molecule has 0 bridgehead atoms. The molecule has 3 aliphatic rings. The van der Waals surface area contributed by atoms with Gasteiger partial charge in [-0.2, -0.15) is 0 Å². The molecule has 70 valence electrons. The van der Waals surface area contributed by atoms with Gasteiger partial charge in [-0.3, -0.25) is 4.79 Å². The lowest BCUT2D eigenvalue weighted by atomic mass is 9.93. The molecule has 0 unspecified atom stereocenters. The van der Waals surface area contributed by atoms with Gasteiger partial charge >= 0.3 is 5.97 Å². The van der Waals surface area contributed by atoms with E-state index < -0.39 is 0 Å². The lowest BCUT2D eigenvalue weighted by Gasteiger charge is -2.13. The highest BCUT2D eigenvalue weighted by Crippen LogP contribution is 2.54. The van der Waals surface area contributed by atoms with Crippen molar-refractivity contribution in [2.24, 2.45) is 11.8 Å². The van der Waals surface area contributed by atoms with Crippen LogP contribution in [0.3, 0.4) is 0 Å². The molecule has 0 amide bonds. The van der Waals surface area contributed by atoms with E-state index in [9.17, 15) is 4.79 Å². The van der Waals surface area contributed by atoms with Crippen LogP contribution in [-0.4, -0.2) is 12.6 Å². The number of esters is 1. The number of allylic oxidation sites excluding steroid dienone is 1. The van der Waals surface area contributed by atoms with E-state index in [0.29, 0.717) is 12.5 Å². The van der Waals surface area contributed by atoms with E-state index in [-0.39, 0.29) is 11.9 Å². The minimum Gasteiger partial charge on any atom is -0.465 e. The first-order chi connectivity index (χ1) is 6.38. The number of ether oxygens (including phenoxy) is 1. The fourth-order valence-corrected chi connectivity index (χ4v) is 2.81. The molecule has 2 atom stereocenters. The van der Waals surface area contributed by atoms with Crippen LogP contribution in [0.4, 0.5) is 0 Å². The first-order valence-electron chi connectivity index (χ1n) is 5.26. The van der Waals surface area contributed by atoms with Crippen LogP contribution < -0.4 is 0 Å². The lowest BCUT2D eigenvalue weighted by molar-refractivity contribution is -0.140. The number of hydrogen-bond acceptors (Lipinski definition) is 2. The van der Waals surface area contributed by atoms with Crippen LogP contribution in [-0.2, 0) is 9.53 Å². The van der Waals surface area contributed by atoms with Gasteiger partial charge in [0.25, 0.3) is 0 Å². The third kappa shape index (κ3) is 1.04. The summed E-state index contributed by atoms with van der Waals surface area (Å²) in [6.07, 6.45) is 6.52. The molecule has 0 N–H and O–H groups in total. The van der Waals surface area contributed by atoms with Crippen molar-refractivity contribution in [2.75, 3.05) is 6.61 Å². The van der Waals surface area contributed by atoms with Crippen LogP contribution in [0.5, 0.6) is 0 Å². The molecule has 2 aliphatic carbocycles. The molecule has 2 saturated carbocycles. The van der Waals surface area contributed by atoms with Gasteiger partial charge < -0.3 is 4.74 Å². The van der Waals surface area contributed by atoms with Crippen LogP contribution in [0, 0.1) is 11.8 Å². The molecular weight excluding hydrogens is 164 g/mol. The Kier molecular flexibility index (Phi) is 1.52. The predicted molar refractivity (Wildman–Crippen MR) is 48.1 cm³/mol. The number of carbonyl (C=O) groups excluding carboxylic acids is 1. The van der Waals surface area contributed by atoms with Gasteiger partial charge in [0.15, 0.2) is 0 Å². The van der Waals surface area contributed by atoms with Gasteiger partial charge in [-0.25, -0.2) is 0 Å². The quantitative estimate of drug-likeness (QED) is 0.419. The highest BCUT2D eigenvalue weighted by atomic mass is 16.5. The molecular formula is C11H14O2. The van der Waals surface area contributed by atoms with Crippen molar-refractivity contribution in [3.63, 3.8) is 0 Å². The summed E-state index contributed by atoms with van der Waals surface area (Å²) in [5.74, 6) is 0.742. The molecule has 1 aliphatic heterocycles. The SMILES string of the molecule is O=C1OC[C@H]2C(=C3CCCCC3)[C@@H]12. The fourth-order valence-electron chi connectivity index (χ4n) is 2.81. The standard InChI is InChI=1S/C11H14O2/c12-11-10-8(6-13-11)9(10)7-4-2-1-3-5-7/h8,10H,1-6H2/t8-,10-/m0/s1. The van der Waals surface area contributed by atoms with Crippen molar-refractivity contribution in [1.82, 2.24) is 0 Å². The second-order valence-electron chi connectivity index (χ2n) is 4.33. The zero-order chi connectivity index (χ0) is 8.84. The number of hydrogen-bond donors (Lipinski definition) is 0. The first kappa shape index (κ1) is 7.60. The molecule has 3 rings (SSSR count). The molecule has 1 heterocycles. The first-order valence-corrected chi connectivity index (χ1v) is 5.26. The summed E-state index contributed by atoms with van der Waals surface area (Å²) < 4.78 is 4.96. The summed E-state index contributed by atoms with van der Waals surface area (Å²) in [7, 11) is 0. The molecule has 0 aromatic carbocycles. The Morgan fingerprint density at radius 2 is 1.92 bits per heavy atom. The average molecular weight is 178 g/mol. The molecule has 2 heteroatoms. The van der Waals surface area contributed by atoms with Crippen molar-refractivity contribution < 1.29 is 9.53 Å². The smallest absolute Gasteiger partial charge is 0.313 e. The number of carbonyl (C=O) groups is 1. The van der Waals surface area contributed by atoms with Gasteiger partial charge in [-0.15, -0.1) is 0 Å². The Bertz CT molecular complexity index is 282. The van der Waals surface area contributed by atoms with Gasteiger partial charge in [0.05, 0.1) is 12.5 Å². The molecule has 0 aromatic heterocycles. The van der Waals surface area contributed by atoms with Crippen LogP contribution in [0.15, 0.2) is 11.1 Å². The van der Waals surface area contributed by atoms with Crippen LogP contribution in [0.25, 0.3) is 0 Å². The van der Waals surface area contributed by atoms with E-state index in [4.69, 9.17) is 4.74 Å². The van der Waals surface area contributed by atoms with Gasteiger partial charge in [-0.05, 0) is 31.3 Å². The second kappa shape index (κ2) is 2.60. The number of fused-ring (bicyclic) bond motifs is 1. The normalized spacial score (nSPS) is 37.4. The fraction of sp³-hybridized carbons (Fsp3) is 0.727.